The lowest BCUT2D eigenvalue weighted by molar-refractivity contribution is 0.282. The first-order chi connectivity index (χ1) is 9.63. The SMILES string of the molecule is COc1ccc(C(C)Nc2ccc(CO)cc2)cc1F. The van der Waals surface area contributed by atoms with Crippen LogP contribution in [0.25, 0.3) is 0 Å². The molecule has 2 aromatic carbocycles. The van der Waals surface area contributed by atoms with Gasteiger partial charge in [-0.25, -0.2) is 4.39 Å². The van der Waals surface area contributed by atoms with E-state index in [4.69, 9.17) is 9.84 Å². The lowest BCUT2D eigenvalue weighted by Crippen LogP contribution is -2.07. The van der Waals surface area contributed by atoms with Crippen molar-refractivity contribution >= 4 is 5.69 Å². The van der Waals surface area contributed by atoms with Crippen LogP contribution in [0.4, 0.5) is 10.1 Å². The molecule has 20 heavy (non-hydrogen) atoms. The van der Waals surface area contributed by atoms with Crippen molar-refractivity contribution in [1.82, 2.24) is 0 Å². The second-order valence-electron chi connectivity index (χ2n) is 4.62. The van der Waals surface area contributed by atoms with Crippen molar-refractivity contribution in [2.75, 3.05) is 12.4 Å². The zero-order valence-corrected chi connectivity index (χ0v) is 11.6. The van der Waals surface area contributed by atoms with E-state index < -0.39 is 0 Å². The minimum Gasteiger partial charge on any atom is -0.494 e. The van der Waals surface area contributed by atoms with Crippen molar-refractivity contribution in [1.29, 1.82) is 0 Å². The molecule has 0 radical (unpaired) electrons. The van der Waals surface area contributed by atoms with Gasteiger partial charge in [0.05, 0.1) is 13.7 Å². The zero-order chi connectivity index (χ0) is 14.5. The Kier molecular flexibility index (Phi) is 4.58. The summed E-state index contributed by atoms with van der Waals surface area (Å²) in [5, 5.41) is 12.3. The summed E-state index contributed by atoms with van der Waals surface area (Å²) < 4.78 is 18.6. The zero-order valence-electron chi connectivity index (χ0n) is 11.6. The molecule has 4 heteroatoms. The number of nitrogens with one attached hydrogen (secondary N) is 1. The van der Waals surface area contributed by atoms with Gasteiger partial charge in [0.1, 0.15) is 0 Å². The molecule has 0 amide bonds. The molecule has 0 aliphatic rings. The van der Waals surface area contributed by atoms with E-state index >= 15 is 0 Å². The van der Waals surface area contributed by atoms with Crippen molar-refractivity contribution in [2.24, 2.45) is 0 Å². The summed E-state index contributed by atoms with van der Waals surface area (Å²) in [4.78, 5) is 0. The van der Waals surface area contributed by atoms with E-state index in [0.717, 1.165) is 16.8 Å². The highest BCUT2D eigenvalue weighted by Crippen LogP contribution is 2.24. The van der Waals surface area contributed by atoms with Gasteiger partial charge in [0.25, 0.3) is 0 Å². The van der Waals surface area contributed by atoms with Crippen molar-refractivity contribution in [3.63, 3.8) is 0 Å². The average molecular weight is 275 g/mol. The Morgan fingerprint density at radius 1 is 1.20 bits per heavy atom. The molecule has 0 saturated carbocycles. The Morgan fingerprint density at radius 2 is 1.90 bits per heavy atom. The summed E-state index contributed by atoms with van der Waals surface area (Å²) in [6.07, 6.45) is 0. The van der Waals surface area contributed by atoms with Crippen LogP contribution in [-0.4, -0.2) is 12.2 Å². The molecule has 1 unspecified atom stereocenters. The Bertz CT molecular complexity index is 569. The van der Waals surface area contributed by atoms with Crippen LogP contribution in [0.2, 0.25) is 0 Å². The molecule has 0 spiro atoms. The number of benzene rings is 2. The van der Waals surface area contributed by atoms with Gasteiger partial charge >= 0.3 is 0 Å². The summed E-state index contributed by atoms with van der Waals surface area (Å²) in [5.41, 5.74) is 2.62. The Hall–Kier alpha value is -2.07. The number of halogens is 1. The topological polar surface area (TPSA) is 41.5 Å². The predicted octanol–water partition coefficient (Wildman–Crippen LogP) is 3.50. The molecule has 1 atom stereocenters. The van der Waals surface area contributed by atoms with Gasteiger partial charge in [-0.1, -0.05) is 18.2 Å². The molecule has 0 saturated heterocycles. The summed E-state index contributed by atoms with van der Waals surface area (Å²) in [6.45, 7) is 1.99. The van der Waals surface area contributed by atoms with Crippen molar-refractivity contribution in [3.8, 4) is 5.75 Å². The molecule has 3 nitrogen and oxygen atoms in total. The van der Waals surface area contributed by atoms with Crippen molar-refractivity contribution in [2.45, 2.75) is 19.6 Å². The first kappa shape index (κ1) is 14.3. The van der Waals surface area contributed by atoms with Crippen LogP contribution in [0.5, 0.6) is 5.75 Å². The molecule has 0 bridgehead atoms. The number of aliphatic hydroxyl groups excluding tert-OH is 1. The van der Waals surface area contributed by atoms with E-state index in [9.17, 15) is 4.39 Å². The average Bonchev–Trinajstić information content (AvgIpc) is 2.48. The normalized spacial score (nSPS) is 12.0. The van der Waals surface area contributed by atoms with E-state index in [1.54, 1.807) is 6.07 Å². The number of hydrogen-bond acceptors (Lipinski definition) is 3. The predicted molar refractivity (Wildman–Crippen MR) is 77.4 cm³/mol. The maximum atomic E-state index is 13.7. The minimum absolute atomic E-state index is 0.0273. The lowest BCUT2D eigenvalue weighted by atomic mass is 10.1. The van der Waals surface area contributed by atoms with Crippen LogP contribution < -0.4 is 10.1 Å². The summed E-state index contributed by atoms with van der Waals surface area (Å²) in [5.74, 6) is -0.123. The summed E-state index contributed by atoms with van der Waals surface area (Å²) in [6, 6.07) is 12.4. The summed E-state index contributed by atoms with van der Waals surface area (Å²) >= 11 is 0. The molecule has 0 heterocycles. The van der Waals surface area contributed by atoms with Gasteiger partial charge in [-0.2, -0.15) is 0 Å². The van der Waals surface area contributed by atoms with Crippen molar-refractivity contribution < 1.29 is 14.2 Å². The van der Waals surface area contributed by atoms with E-state index in [2.05, 4.69) is 5.32 Å². The quantitative estimate of drug-likeness (QED) is 0.877. The second-order valence-corrected chi connectivity index (χ2v) is 4.62. The van der Waals surface area contributed by atoms with Gasteiger partial charge in [0, 0.05) is 11.7 Å². The van der Waals surface area contributed by atoms with Gasteiger partial charge in [0.15, 0.2) is 11.6 Å². The minimum atomic E-state index is -0.366. The highest BCUT2D eigenvalue weighted by atomic mass is 19.1. The Balaban J connectivity index is 2.10. The van der Waals surface area contributed by atoms with Crippen molar-refractivity contribution in [3.05, 3.63) is 59.4 Å². The Morgan fingerprint density at radius 3 is 2.45 bits per heavy atom. The molecule has 2 rings (SSSR count). The van der Waals surface area contributed by atoms with Crippen LogP contribution in [0, 0.1) is 5.82 Å². The van der Waals surface area contributed by atoms with Crippen LogP contribution in [0.3, 0.4) is 0 Å². The lowest BCUT2D eigenvalue weighted by Gasteiger charge is -2.16. The molecule has 2 aromatic rings. The van der Waals surface area contributed by atoms with Gasteiger partial charge in [0.2, 0.25) is 0 Å². The first-order valence-electron chi connectivity index (χ1n) is 6.44. The fourth-order valence-corrected chi connectivity index (χ4v) is 1.99. The maximum Gasteiger partial charge on any atom is 0.165 e. The molecule has 0 aromatic heterocycles. The molecule has 0 fully saturated rings. The monoisotopic (exact) mass is 275 g/mol. The van der Waals surface area contributed by atoms with E-state index in [1.807, 2.05) is 37.3 Å². The molecule has 106 valence electrons. The number of anilines is 1. The smallest absolute Gasteiger partial charge is 0.165 e. The summed E-state index contributed by atoms with van der Waals surface area (Å²) in [7, 11) is 1.45. The van der Waals surface area contributed by atoms with Gasteiger partial charge in [-0.15, -0.1) is 0 Å². The largest absolute Gasteiger partial charge is 0.494 e. The van der Waals surface area contributed by atoms with Crippen LogP contribution in [-0.2, 0) is 6.61 Å². The van der Waals surface area contributed by atoms with Crippen LogP contribution >= 0.6 is 0 Å². The number of rotatable bonds is 5. The van der Waals surface area contributed by atoms with Crippen LogP contribution in [0.1, 0.15) is 24.1 Å². The number of ether oxygens (including phenoxy) is 1. The Labute approximate surface area is 118 Å². The van der Waals surface area contributed by atoms with E-state index in [1.165, 1.54) is 13.2 Å². The number of methoxy groups -OCH3 is 1. The van der Waals surface area contributed by atoms with E-state index in [-0.39, 0.29) is 24.2 Å². The van der Waals surface area contributed by atoms with Gasteiger partial charge < -0.3 is 15.2 Å². The molecule has 0 aliphatic heterocycles. The third-order valence-electron chi connectivity index (χ3n) is 3.20. The fraction of sp³-hybridized carbons (Fsp3) is 0.250. The van der Waals surface area contributed by atoms with E-state index in [0.29, 0.717) is 0 Å². The number of hydrogen-bond donors (Lipinski definition) is 2. The highest BCUT2D eigenvalue weighted by molar-refractivity contribution is 5.47. The second kappa shape index (κ2) is 6.39. The molecular weight excluding hydrogens is 257 g/mol. The molecule has 2 N–H and O–H groups in total. The third kappa shape index (κ3) is 3.27. The van der Waals surface area contributed by atoms with Gasteiger partial charge in [-0.05, 0) is 42.3 Å². The number of aliphatic hydroxyl groups is 1. The first-order valence-corrected chi connectivity index (χ1v) is 6.44. The molecule has 0 aliphatic carbocycles. The van der Waals surface area contributed by atoms with Gasteiger partial charge in [-0.3, -0.25) is 0 Å². The van der Waals surface area contributed by atoms with Crippen LogP contribution in [0.15, 0.2) is 42.5 Å². The standard InChI is InChI=1S/C16H18FNO2/c1-11(13-5-8-16(20-2)15(17)9-13)18-14-6-3-12(10-19)4-7-14/h3-9,11,18-19H,10H2,1-2H3. The fourth-order valence-electron chi connectivity index (χ4n) is 1.99. The maximum absolute atomic E-state index is 13.7. The highest BCUT2D eigenvalue weighted by Gasteiger charge is 2.09. The molecular formula is C16H18FNO2. The third-order valence-corrected chi connectivity index (χ3v) is 3.20.